The topological polar surface area (TPSA) is 97.4 Å². The first-order valence-electron chi connectivity index (χ1n) is 7.89. The van der Waals surface area contributed by atoms with Crippen LogP contribution >= 0.6 is 0 Å². The van der Waals surface area contributed by atoms with Gasteiger partial charge in [0, 0.05) is 11.6 Å². The average Bonchev–Trinajstić information content (AvgIpc) is 2.98. The molecule has 1 saturated heterocycles. The van der Waals surface area contributed by atoms with E-state index in [2.05, 4.69) is 5.32 Å². The van der Waals surface area contributed by atoms with Crippen molar-refractivity contribution in [1.82, 2.24) is 0 Å². The highest BCUT2D eigenvalue weighted by atomic mass is 32.2. The molecular weight excluding hydrogens is 400 g/mol. The summed E-state index contributed by atoms with van der Waals surface area (Å²) in [7, 11) is -7.33. The summed E-state index contributed by atoms with van der Waals surface area (Å²) in [6.45, 7) is 0. The minimum atomic E-state index is -3.94. The van der Waals surface area contributed by atoms with Crippen molar-refractivity contribution in [1.29, 1.82) is 0 Å². The predicted molar refractivity (Wildman–Crippen MR) is 95.0 cm³/mol. The largest absolute Gasteiger partial charge is 0.319 e. The van der Waals surface area contributed by atoms with Crippen LogP contribution in [0.15, 0.2) is 47.4 Å². The fourth-order valence-electron chi connectivity index (χ4n) is 2.80. The summed E-state index contributed by atoms with van der Waals surface area (Å²) in [6.07, 6.45) is 0.00187. The van der Waals surface area contributed by atoms with Crippen LogP contribution in [0.1, 0.15) is 16.8 Å². The van der Waals surface area contributed by atoms with Crippen molar-refractivity contribution in [2.24, 2.45) is 0 Å². The lowest BCUT2D eigenvalue weighted by molar-refractivity contribution is 0.102. The van der Waals surface area contributed by atoms with Crippen LogP contribution in [0, 0.1) is 11.6 Å². The number of nitrogens with one attached hydrogen (secondary N) is 1. The fourth-order valence-corrected chi connectivity index (χ4v) is 7.20. The molecule has 0 saturated carbocycles. The number of sulfone groups is 2. The van der Waals surface area contributed by atoms with Crippen molar-refractivity contribution in [3.05, 3.63) is 59.7 Å². The third-order valence-electron chi connectivity index (χ3n) is 4.23. The Bertz CT molecular complexity index is 1110. The van der Waals surface area contributed by atoms with Gasteiger partial charge >= 0.3 is 0 Å². The van der Waals surface area contributed by atoms with Gasteiger partial charge in [0.1, 0.15) is 11.6 Å². The Hall–Kier alpha value is -2.33. The summed E-state index contributed by atoms with van der Waals surface area (Å²) in [5.41, 5.74) is -0.308. The minimum Gasteiger partial charge on any atom is -0.319 e. The lowest BCUT2D eigenvalue weighted by atomic mass is 10.2. The van der Waals surface area contributed by atoms with E-state index >= 15 is 0 Å². The second-order valence-electron chi connectivity index (χ2n) is 6.18. The summed E-state index contributed by atoms with van der Waals surface area (Å²) < 4.78 is 75.0. The van der Waals surface area contributed by atoms with Crippen molar-refractivity contribution in [3.8, 4) is 0 Å². The van der Waals surface area contributed by atoms with E-state index in [1.54, 1.807) is 0 Å². The highest BCUT2D eigenvalue weighted by molar-refractivity contribution is 7.96. The van der Waals surface area contributed by atoms with Gasteiger partial charge in [-0.2, -0.15) is 0 Å². The predicted octanol–water partition coefficient (Wildman–Crippen LogP) is 2.18. The molecule has 0 aromatic heterocycles. The molecule has 0 spiro atoms. The van der Waals surface area contributed by atoms with Crippen molar-refractivity contribution in [2.45, 2.75) is 16.6 Å². The summed E-state index contributed by atoms with van der Waals surface area (Å²) in [6, 6.07) is 7.68. The van der Waals surface area contributed by atoms with Gasteiger partial charge < -0.3 is 5.32 Å². The number of anilines is 1. The van der Waals surface area contributed by atoms with E-state index in [9.17, 15) is 30.4 Å². The molecule has 1 aliphatic rings. The lowest BCUT2D eigenvalue weighted by Crippen LogP contribution is -2.23. The van der Waals surface area contributed by atoms with Gasteiger partial charge in [-0.15, -0.1) is 0 Å². The zero-order valence-electron chi connectivity index (χ0n) is 13.9. The maximum Gasteiger partial charge on any atom is 0.255 e. The normalized spacial score (nSPS) is 19.0. The Labute approximate surface area is 155 Å². The molecule has 1 aliphatic heterocycles. The van der Waals surface area contributed by atoms with Crippen LogP contribution in [0.25, 0.3) is 0 Å². The molecular formula is C17H15F2NO5S2. The van der Waals surface area contributed by atoms with Crippen LogP contribution in [-0.4, -0.2) is 39.5 Å². The van der Waals surface area contributed by atoms with Gasteiger partial charge in [-0.3, -0.25) is 4.79 Å². The molecule has 0 radical (unpaired) electrons. The minimum absolute atomic E-state index is 0.00187. The first-order chi connectivity index (χ1) is 12.6. The molecule has 2 aromatic carbocycles. The van der Waals surface area contributed by atoms with Gasteiger partial charge in [-0.1, -0.05) is 6.07 Å². The zero-order chi connectivity index (χ0) is 19.8. The second-order valence-corrected chi connectivity index (χ2v) is 10.6. The molecule has 1 fully saturated rings. The number of carbonyl (C=O) groups is 1. The third-order valence-corrected chi connectivity index (χ3v) is 8.40. The molecule has 3 rings (SSSR count). The summed E-state index contributed by atoms with van der Waals surface area (Å²) >= 11 is 0. The van der Waals surface area contributed by atoms with Crippen molar-refractivity contribution < 1.29 is 30.4 Å². The highest BCUT2D eigenvalue weighted by Gasteiger charge is 2.38. The number of hydrogen-bond donors (Lipinski definition) is 1. The van der Waals surface area contributed by atoms with E-state index < -0.39 is 48.2 Å². The SMILES string of the molecule is O=C(Nc1ccc(F)cc1F)c1cccc(S(=O)(=O)[C@H]2CCS(=O)(=O)C2)c1. The fraction of sp³-hybridized carbons (Fsp3) is 0.235. The van der Waals surface area contributed by atoms with Crippen LogP contribution in [0.4, 0.5) is 14.5 Å². The standard InChI is InChI=1S/C17H15F2NO5S2/c18-12-4-5-16(15(19)9-12)20-17(21)11-2-1-3-13(8-11)27(24,25)14-6-7-26(22,23)10-14/h1-5,8-9,14H,6-7,10H2,(H,20,21)/t14-/m0/s1. The molecule has 1 atom stereocenters. The molecule has 2 aromatic rings. The smallest absolute Gasteiger partial charge is 0.255 e. The molecule has 27 heavy (non-hydrogen) atoms. The number of benzene rings is 2. The van der Waals surface area contributed by atoms with Crippen LogP contribution in [0.5, 0.6) is 0 Å². The van der Waals surface area contributed by atoms with Gasteiger partial charge in [0.25, 0.3) is 5.91 Å². The van der Waals surface area contributed by atoms with E-state index in [4.69, 9.17) is 0 Å². The summed E-state index contributed by atoms with van der Waals surface area (Å²) in [5.74, 6) is -3.20. The molecule has 10 heteroatoms. The highest BCUT2D eigenvalue weighted by Crippen LogP contribution is 2.26. The number of carbonyl (C=O) groups excluding carboxylic acids is 1. The quantitative estimate of drug-likeness (QED) is 0.826. The Morgan fingerprint density at radius 2 is 1.85 bits per heavy atom. The van der Waals surface area contributed by atoms with Gasteiger partial charge in [-0.25, -0.2) is 25.6 Å². The monoisotopic (exact) mass is 415 g/mol. The Balaban J connectivity index is 1.86. The van der Waals surface area contributed by atoms with Crippen molar-refractivity contribution in [2.75, 3.05) is 16.8 Å². The molecule has 0 aliphatic carbocycles. The van der Waals surface area contributed by atoms with E-state index in [0.29, 0.717) is 6.07 Å². The second kappa shape index (κ2) is 7.01. The molecule has 1 N–H and O–H groups in total. The van der Waals surface area contributed by atoms with Gasteiger partial charge in [0.05, 0.1) is 27.3 Å². The third kappa shape index (κ3) is 4.16. The lowest BCUT2D eigenvalue weighted by Gasteiger charge is -2.12. The Morgan fingerprint density at radius 3 is 2.48 bits per heavy atom. The summed E-state index contributed by atoms with van der Waals surface area (Å²) in [4.78, 5) is 12.1. The zero-order valence-corrected chi connectivity index (χ0v) is 15.5. The van der Waals surface area contributed by atoms with Crippen molar-refractivity contribution >= 4 is 31.3 Å². The molecule has 1 heterocycles. The average molecular weight is 415 g/mol. The summed E-state index contributed by atoms with van der Waals surface area (Å²) in [5, 5.41) is 1.18. The number of amides is 1. The first-order valence-corrected chi connectivity index (χ1v) is 11.3. The molecule has 0 bridgehead atoms. The van der Waals surface area contributed by atoms with Crippen LogP contribution in [-0.2, 0) is 19.7 Å². The molecule has 0 unspecified atom stereocenters. The maximum atomic E-state index is 13.7. The molecule has 6 nitrogen and oxygen atoms in total. The first kappa shape index (κ1) is 19.4. The van der Waals surface area contributed by atoms with Gasteiger partial charge in [0.15, 0.2) is 19.7 Å². The van der Waals surface area contributed by atoms with Gasteiger partial charge in [-0.05, 0) is 36.8 Å². The van der Waals surface area contributed by atoms with Crippen LogP contribution in [0.3, 0.4) is 0 Å². The number of halogens is 2. The van der Waals surface area contributed by atoms with Crippen molar-refractivity contribution in [3.63, 3.8) is 0 Å². The number of hydrogen-bond acceptors (Lipinski definition) is 5. The number of rotatable bonds is 4. The Kier molecular flexibility index (Phi) is 5.04. The van der Waals surface area contributed by atoms with E-state index in [1.807, 2.05) is 0 Å². The molecule has 1 amide bonds. The Morgan fingerprint density at radius 1 is 1.11 bits per heavy atom. The van der Waals surface area contributed by atoms with E-state index in [0.717, 1.165) is 18.2 Å². The maximum absolute atomic E-state index is 13.7. The van der Waals surface area contributed by atoms with Crippen LogP contribution in [0.2, 0.25) is 0 Å². The van der Waals surface area contributed by atoms with Crippen LogP contribution < -0.4 is 5.32 Å². The van der Waals surface area contributed by atoms with Gasteiger partial charge in [0.2, 0.25) is 0 Å². The van der Waals surface area contributed by atoms with E-state index in [-0.39, 0.29) is 28.3 Å². The van der Waals surface area contributed by atoms with E-state index in [1.165, 1.54) is 18.2 Å². The molecule has 144 valence electrons.